The van der Waals surface area contributed by atoms with Crippen molar-refractivity contribution in [2.75, 3.05) is 0 Å². The number of benzene rings is 1. The molecular weight excluding hydrogens is 188 g/mol. The van der Waals surface area contributed by atoms with E-state index in [9.17, 15) is 0 Å². The Hall–Kier alpha value is -1.68. The Morgan fingerprint density at radius 3 is 2.40 bits per heavy atom. The molecule has 2 aromatic rings. The zero-order valence-electron chi connectivity index (χ0n) is 8.94. The van der Waals surface area contributed by atoms with Gasteiger partial charge < -0.3 is 5.73 Å². The molecule has 0 atom stereocenters. The van der Waals surface area contributed by atoms with Crippen LogP contribution in [0.3, 0.4) is 0 Å². The summed E-state index contributed by atoms with van der Waals surface area (Å²) in [4.78, 5) is 0. The first-order chi connectivity index (χ1) is 7.22. The molecule has 2 N–H and O–H groups in total. The number of rotatable bonds is 2. The predicted octanol–water partition coefficient (Wildman–Crippen LogP) is 1.34. The Kier molecular flexibility index (Phi) is 2.51. The van der Waals surface area contributed by atoms with Crippen molar-refractivity contribution in [2.24, 2.45) is 5.73 Å². The topological polar surface area (TPSA) is 56.7 Å². The Labute approximate surface area is 88.7 Å². The first-order valence-electron chi connectivity index (χ1n) is 4.90. The lowest BCUT2D eigenvalue weighted by molar-refractivity contribution is 0.782. The number of nitrogens with two attached hydrogens (primary N) is 1. The van der Waals surface area contributed by atoms with Gasteiger partial charge in [-0.25, -0.2) is 4.68 Å². The Morgan fingerprint density at radius 1 is 1.20 bits per heavy atom. The van der Waals surface area contributed by atoms with Crippen LogP contribution in [-0.2, 0) is 6.54 Å². The molecule has 0 saturated heterocycles. The van der Waals surface area contributed by atoms with Crippen LogP contribution in [0.25, 0.3) is 5.69 Å². The lowest BCUT2D eigenvalue weighted by atomic mass is 10.2. The summed E-state index contributed by atoms with van der Waals surface area (Å²) < 4.78 is 1.81. The molecule has 0 unspecified atom stereocenters. The minimum Gasteiger partial charge on any atom is -0.325 e. The molecule has 0 bridgehead atoms. The summed E-state index contributed by atoms with van der Waals surface area (Å²) in [5.41, 5.74) is 9.65. The summed E-state index contributed by atoms with van der Waals surface area (Å²) in [7, 11) is 0. The second-order valence-corrected chi connectivity index (χ2v) is 3.57. The fraction of sp³-hybridized carbons (Fsp3) is 0.273. The van der Waals surface area contributed by atoms with Crippen molar-refractivity contribution in [1.82, 2.24) is 15.0 Å². The number of hydrogen-bond acceptors (Lipinski definition) is 3. The van der Waals surface area contributed by atoms with Crippen LogP contribution in [0, 0.1) is 13.8 Å². The standard InChI is InChI=1S/C11H14N4/c1-8-3-5-10(6-4-8)15-9(2)11(7-12)13-14-15/h3-6H,7,12H2,1-2H3. The molecule has 1 aromatic carbocycles. The molecule has 4 heteroatoms. The predicted molar refractivity (Wildman–Crippen MR) is 58.7 cm³/mol. The van der Waals surface area contributed by atoms with Crippen molar-refractivity contribution in [3.05, 3.63) is 41.2 Å². The van der Waals surface area contributed by atoms with Gasteiger partial charge in [-0.3, -0.25) is 0 Å². The molecule has 0 aliphatic rings. The smallest absolute Gasteiger partial charge is 0.0996 e. The van der Waals surface area contributed by atoms with Gasteiger partial charge in [0.2, 0.25) is 0 Å². The van der Waals surface area contributed by atoms with Gasteiger partial charge in [0.25, 0.3) is 0 Å². The normalized spacial score (nSPS) is 10.6. The molecular formula is C11H14N4. The van der Waals surface area contributed by atoms with Crippen molar-refractivity contribution >= 4 is 0 Å². The zero-order chi connectivity index (χ0) is 10.8. The van der Waals surface area contributed by atoms with E-state index in [0.29, 0.717) is 6.54 Å². The Morgan fingerprint density at radius 2 is 1.87 bits per heavy atom. The van der Waals surface area contributed by atoms with Gasteiger partial charge in [0.1, 0.15) is 0 Å². The zero-order valence-corrected chi connectivity index (χ0v) is 8.94. The summed E-state index contributed by atoms with van der Waals surface area (Å²) >= 11 is 0. The van der Waals surface area contributed by atoms with Crippen molar-refractivity contribution in [3.8, 4) is 5.69 Å². The van der Waals surface area contributed by atoms with E-state index in [0.717, 1.165) is 17.1 Å². The third-order valence-corrected chi connectivity index (χ3v) is 2.46. The van der Waals surface area contributed by atoms with Crippen LogP contribution in [0.15, 0.2) is 24.3 Å². The third kappa shape index (κ3) is 1.76. The van der Waals surface area contributed by atoms with Crippen LogP contribution in [-0.4, -0.2) is 15.0 Å². The van der Waals surface area contributed by atoms with Crippen LogP contribution < -0.4 is 5.73 Å². The number of hydrogen-bond donors (Lipinski definition) is 1. The maximum atomic E-state index is 5.55. The van der Waals surface area contributed by atoms with Gasteiger partial charge in [0.05, 0.1) is 17.1 Å². The van der Waals surface area contributed by atoms with Gasteiger partial charge in [-0.1, -0.05) is 22.9 Å². The highest BCUT2D eigenvalue weighted by molar-refractivity contribution is 5.35. The molecule has 15 heavy (non-hydrogen) atoms. The van der Waals surface area contributed by atoms with Gasteiger partial charge in [0.15, 0.2) is 0 Å². The average Bonchev–Trinajstić information content (AvgIpc) is 2.61. The highest BCUT2D eigenvalue weighted by atomic mass is 15.4. The van der Waals surface area contributed by atoms with E-state index < -0.39 is 0 Å². The molecule has 4 nitrogen and oxygen atoms in total. The lowest BCUT2D eigenvalue weighted by Gasteiger charge is -2.03. The first kappa shape index (κ1) is 9.86. The molecule has 0 amide bonds. The van der Waals surface area contributed by atoms with Crippen molar-refractivity contribution in [1.29, 1.82) is 0 Å². The lowest BCUT2D eigenvalue weighted by Crippen LogP contribution is -2.01. The molecule has 1 aromatic heterocycles. The molecule has 0 radical (unpaired) electrons. The summed E-state index contributed by atoms with van der Waals surface area (Å²) in [6.07, 6.45) is 0. The number of aryl methyl sites for hydroxylation is 1. The van der Waals surface area contributed by atoms with E-state index in [-0.39, 0.29) is 0 Å². The second-order valence-electron chi connectivity index (χ2n) is 3.57. The van der Waals surface area contributed by atoms with E-state index in [1.54, 1.807) is 0 Å². The maximum Gasteiger partial charge on any atom is 0.0996 e. The second kappa shape index (κ2) is 3.82. The molecule has 2 rings (SSSR count). The maximum absolute atomic E-state index is 5.55. The van der Waals surface area contributed by atoms with Gasteiger partial charge in [-0.15, -0.1) is 5.10 Å². The minimum absolute atomic E-state index is 0.428. The van der Waals surface area contributed by atoms with Crippen molar-refractivity contribution < 1.29 is 0 Å². The number of aromatic nitrogens is 3. The van der Waals surface area contributed by atoms with Gasteiger partial charge in [0, 0.05) is 6.54 Å². The molecule has 0 fully saturated rings. The summed E-state index contributed by atoms with van der Waals surface area (Å²) in [5, 5.41) is 8.09. The highest BCUT2D eigenvalue weighted by Gasteiger charge is 2.07. The first-order valence-corrected chi connectivity index (χ1v) is 4.90. The Balaban J connectivity index is 2.45. The van der Waals surface area contributed by atoms with Crippen LogP contribution in [0.1, 0.15) is 17.0 Å². The highest BCUT2D eigenvalue weighted by Crippen LogP contribution is 2.12. The summed E-state index contributed by atoms with van der Waals surface area (Å²) in [6.45, 7) is 4.46. The molecule has 0 aliphatic heterocycles. The molecule has 0 aliphatic carbocycles. The van der Waals surface area contributed by atoms with E-state index in [2.05, 4.69) is 29.4 Å². The van der Waals surface area contributed by atoms with Crippen LogP contribution in [0.2, 0.25) is 0 Å². The monoisotopic (exact) mass is 202 g/mol. The third-order valence-electron chi connectivity index (χ3n) is 2.46. The van der Waals surface area contributed by atoms with Gasteiger partial charge >= 0.3 is 0 Å². The Bertz CT molecular complexity index is 456. The van der Waals surface area contributed by atoms with E-state index >= 15 is 0 Å². The van der Waals surface area contributed by atoms with Gasteiger partial charge in [-0.05, 0) is 26.0 Å². The van der Waals surface area contributed by atoms with Crippen LogP contribution in [0.4, 0.5) is 0 Å². The van der Waals surface area contributed by atoms with Crippen LogP contribution >= 0.6 is 0 Å². The minimum atomic E-state index is 0.428. The fourth-order valence-corrected chi connectivity index (χ4v) is 1.48. The van der Waals surface area contributed by atoms with E-state index in [1.807, 2.05) is 23.7 Å². The molecule has 1 heterocycles. The summed E-state index contributed by atoms with van der Waals surface area (Å²) in [6, 6.07) is 8.16. The molecule has 78 valence electrons. The van der Waals surface area contributed by atoms with E-state index in [1.165, 1.54) is 5.56 Å². The van der Waals surface area contributed by atoms with Crippen molar-refractivity contribution in [2.45, 2.75) is 20.4 Å². The number of nitrogens with zero attached hydrogens (tertiary/aromatic N) is 3. The molecule has 0 saturated carbocycles. The largest absolute Gasteiger partial charge is 0.325 e. The average molecular weight is 202 g/mol. The quantitative estimate of drug-likeness (QED) is 0.799. The molecule has 0 spiro atoms. The van der Waals surface area contributed by atoms with Crippen LogP contribution in [0.5, 0.6) is 0 Å². The summed E-state index contributed by atoms with van der Waals surface area (Å²) in [5.74, 6) is 0. The fourth-order valence-electron chi connectivity index (χ4n) is 1.48. The SMILES string of the molecule is Cc1ccc(-n2nnc(CN)c2C)cc1. The van der Waals surface area contributed by atoms with E-state index in [4.69, 9.17) is 5.73 Å². The van der Waals surface area contributed by atoms with Crippen molar-refractivity contribution in [3.63, 3.8) is 0 Å². The van der Waals surface area contributed by atoms with Gasteiger partial charge in [-0.2, -0.15) is 0 Å².